The summed E-state index contributed by atoms with van der Waals surface area (Å²) in [6.45, 7) is 2.41. The van der Waals surface area contributed by atoms with E-state index in [9.17, 15) is 0 Å². The first-order valence-electron chi connectivity index (χ1n) is 10.3. The molecular weight excluding hydrogens is 411 g/mol. The number of fused-ring (bicyclic) bond motifs is 1. The molecule has 0 radical (unpaired) electrons. The number of thiophene rings is 1. The van der Waals surface area contributed by atoms with Crippen LogP contribution in [0.2, 0.25) is 0 Å². The lowest BCUT2D eigenvalue weighted by Gasteiger charge is -2.24. The minimum atomic E-state index is -1.81. The molecule has 148 valence electrons. The van der Waals surface area contributed by atoms with Gasteiger partial charge in [-0.15, -0.1) is 11.3 Å². The lowest BCUT2D eigenvalue weighted by molar-refractivity contribution is 1.68. The fraction of sp³-hybridized carbons (Fsp3) is 0.0345. The second kappa shape index (κ2) is 8.52. The van der Waals surface area contributed by atoms with E-state index in [0.29, 0.717) is 0 Å². The molecule has 0 saturated carbocycles. The Balaban J connectivity index is 1.66. The maximum absolute atomic E-state index is 3.52. The van der Waals surface area contributed by atoms with E-state index < -0.39 is 7.26 Å². The van der Waals surface area contributed by atoms with Crippen molar-refractivity contribution in [3.63, 3.8) is 0 Å². The van der Waals surface area contributed by atoms with Gasteiger partial charge in [0, 0.05) is 4.70 Å². The van der Waals surface area contributed by atoms with Gasteiger partial charge in [-0.25, -0.2) is 0 Å². The molecule has 1 aromatic heterocycles. The van der Waals surface area contributed by atoms with Crippen molar-refractivity contribution >= 4 is 44.6 Å². The van der Waals surface area contributed by atoms with Crippen LogP contribution in [0.5, 0.6) is 0 Å². The monoisotopic (exact) mass is 433 g/mol. The number of benzene rings is 4. The number of hydrogen-bond donors (Lipinski definition) is 0. The van der Waals surface area contributed by atoms with Gasteiger partial charge in [-0.3, -0.25) is 0 Å². The smallest absolute Gasteiger partial charge is 0.120 e. The molecule has 0 fully saturated rings. The predicted molar refractivity (Wildman–Crippen MR) is 139 cm³/mol. The van der Waals surface area contributed by atoms with Crippen molar-refractivity contribution in [3.05, 3.63) is 126 Å². The highest BCUT2D eigenvalue weighted by molar-refractivity contribution is 7.95. The van der Waals surface area contributed by atoms with E-state index in [1.54, 1.807) is 11.3 Å². The fourth-order valence-corrected chi connectivity index (χ4v) is 8.33. The molecule has 0 N–H and O–H groups in total. The molecule has 5 aromatic rings. The van der Waals surface area contributed by atoms with Gasteiger partial charge in [0.05, 0.1) is 17.1 Å². The van der Waals surface area contributed by atoms with Crippen LogP contribution in [0.25, 0.3) is 10.1 Å². The van der Waals surface area contributed by atoms with Crippen LogP contribution in [0.3, 0.4) is 0 Å². The minimum Gasteiger partial charge on any atom is -0.127 e. The minimum absolute atomic E-state index is 1.11. The van der Waals surface area contributed by atoms with Crippen molar-refractivity contribution in [1.82, 2.24) is 0 Å². The van der Waals surface area contributed by atoms with Crippen LogP contribution < -0.4 is 15.9 Å². The van der Waals surface area contributed by atoms with E-state index in [1.165, 1.54) is 26.0 Å². The zero-order valence-electron chi connectivity index (χ0n) is 17.3. The van der Waals surface area contributed by atoms with Gasteiger partial charge in [0.15, 0.2) is 0 Å². The number of rotatable bonds is 3. The van der Waals surface area contributed by atoms with Gasteiger partial charge in [0.2, 0.25) is 0 Å². The van der Waals surface area contributed by atoms with Crippen LogP contribution >= 0.6 is 18.6 Å². The van der Waals surface area contributed by atoms with Crippen molar-refractivity contribution in [2.24, 2.45) is 0 Å². The van der Waals surface area contributed by atoms with Crippen LogP contribution in [0.1, 0.15) is 10.4 Å². The summed E-state index contributed by atoms with van der Waals surface area (Å²) in [5.74, 6) is 6.98. The third-order valence-electron chi connectivity index (χ3n) is 5.68. The SMILES string of the molecule is C[P+](c1ccccc1)(c1ccccc1)c1ccccc1C#Cc1cc2ccccc2s1. The Morgan fingerprint density at radius 3 is 1.87 bits per heavy atom. The maximum atomic E-state index is 3.52. The Kier molecular flexibility index (Phi) is 5.44. The van der Waals surface area contributed by atoms with E-state index in [1.807, 2.05) is 0 Å². The lowest BCUT2D eigenvalue weighted by atomic mass is 10.2. The maximum Gasteiger partial charge on any atom is 0.120 e. The molecule has 1 heterocycles. The standard InChI is InChI=1S/C29H22PS/c1-30(25-14-4-2-5-15-25,26-16-6-3-7-17-26)28-18-10-8-12-23(28)20-21-27-22-24-13-9-11-19-29(24)31-27/h2-19,22H,1H3/q+1. The van der Waals surface area contributed by atoms with Crippen molar-refractivity contribution in [3.8, 4) is 11.8 Å². The van der Waals surface area contributed by atoms with Gasteiger partial charge < -0.3 is 0 Å². The second-order valence-corrected chi connectivity index (χ2v) is 12.2. The van der Waals surface area contributed by atoms with Gasteiger partial charge in [0.25, 0.3) is 0 Å². The van der Waals surface area contributed by atoms with E-state index in [2.05, 4.69) is 134 Å². The van der Waals surface area contributed by atoms with Gasteiger partial charge in [0.1, 0.15) is 23.2 Å². The third kappa shape index (κ3) is 3.82. The Morgan fingerprint density at radius 1 is 0.613 bits per heavy atom. The van der Waals surface area contributed by atoms with E-state index >= 15 is 0 Å². The summed E-state index contributed by atoms with van der Waals surface area (Å²) in [6.07, 6.45) is 0. The third-order valence-corrected chi connectivity index (χ3v) is 10.7. The molecule has 0 unspecified atom stereocenters. The summed E-state index contributed by atoms with van der Waals surface area (Å²) >= 11 is 1.76. The zero-order valence-corrected chi connectivity index (χ0v) is 19.0. The highest BCUT2D eigenvalue weighted by Crippen LogP contribution is 2.52. The highest BCUT2D eigenvalue weighted by Gasteiger charge is 2.41. The van der Waals surface area contributed by atoms with Crippen LogP contribution in [0.15, 0.2) is 115 Å². The van der Waals surface area contributed by atoms with Crippen LogP contribution in [-0.2, 0) is 0 Å². The summed E-state index contributed by atoms with van der Waals surface area (Å²) in [4.78, 5) is 1.11. The summed E-state index contributed by atoms with van der Waals surface area (Å²) in [6, 6.07) is 41.1. The number of hydrogen-bond acceptors (Lipinski definition) is 1. The van der Waals surface area contributed by atoms with Crippen molar-refractivity contribution in [1.29, 1.82) is 0 Å². The predicted octanol–water partition coefficient (Wildman–Crippen LogP) is 6.22. The molecule has 0 aliphatic heterocycles. The second-order valence-electron chi connectivity index (χ2n) is 7.59. The Labute approximate surface area is 188 Å². The topological polar surface area (TPSA) is 0 Å². The quantitative estimate of drug-likeness (QED) is 0.234. The normalized spacial score (nSPS) is 11.1. The molecule has 31 heavy (non-hydrogen) atoms. The van der Waals surface area contributed by atoms with E-state index in [0.717, 1.165) is 10.4 Å². The van der Waals surface area contributed by atoms with Gasteiger partial charge >= 0.3 is 0 Å². The molecule has 0 bridgehead atoms. The molecule has 4 aromatic carbocycles. The van der Waals surface area contributed by atoms with Crippen LogP contribution in [0.4, 0.5) is 0 Å². The lowest BCUT2D eigenvalue weighted by Crippen LogP contribution is -2.31. The first kappa shape index (κ1) is 19.8. The molecular formula is C29H22PS+. The average Bonchev–Trinajstić information content (AvgIpc) is 3.27. The molecule has 0 nitrogen and oxygen atoms in total. The van der Waals surface area contributed by atoms with Crippen LogP contribution in [0, 0.1) is 11.8 Å². The largest absolute Gasteiger partial charge is 0.127 e. The fourth-order valence-electron chi connectivity index (χ4n) is 4.02. The van der Waals surface area contributed by atoms with Gasteiger partial charge in [-0.05, 0) is 53.9 Å². The van der Waals surface area contributed by atoms with Crippen molar-refractivity contribution in [2.75, 3.05) is 6.66 Å². The summed E-state index contributed by atoms with van der Waals surface area (Å²) in [5, 5.41) is 5.34. The highest BCUT2D eigenvalue weighted by atomic mass is 32.1. The summed E-state index contributed by atoms with van der Waals surface area (Å²) in [5.41, 5.74) is 1.11. The Morgan fingerprint density at radius 2 is 1.19 bits per heavy atom. The van der Waals surface area contributed by atoms with Crippen molar-refractivity contribution < 1.29 is 0 Å². The van der Waals surface area contributed by atoms with E-state index in [-0.39, 0.29) is 0 Å². The van der Waals surface area contributed by atoms with Gasteiger partial charge in [-0.1, -0.05) is 78.6 Å². The molecule has 0 aliphatic carbocycles. The molecule has 5 rings (SSSR count). The Bertz CT molecular complexity index is 1320. The molecule has 0 saturated heterocycles. The van der Waals surface area contributed by atoms with Crippen LogP contribution in [-0.4, -0.2) is 6.66 Å². The molecule has 0 spiro atoms. The molecule has 0 aliphatic rings. The summed E-state index contributed by atoms with van der Waals surface area (Å²) < 4.78 is 1.28. The zero-order chi connectivity index (χ0) is 21.1. The molecule has 0 amide bonds. The van der Waals surface area contributed by atoms with Gasteiger partial charge in [-0.2, -0.15) is 0 Å². The summed E-state index contributed by atoms with van der Waals surface area (Å²) in [7, 11) is -1.81. The first-order valence-corrected chi connectivity index (χ1v) is 13.4. The van der Waals surface area contributed by atoms with Crippen molar-refractivity contribution in [2.45, 2.75) is 0 Å². The molecule has 0 atom stereocenters. The first-order chi connectivity index (χ1) is 15.2. The average molecular weight is 434 g/mol. The Hall–Kier alpha value is -3.17. The van der Waals surface area contributed by atoms with E-state index in [4.69, 9.17) is 0 Å². The molecule has 2 heteroatoms.